The quantitative estimate of drug-likeness (QED) is 0.812. The third kappa shape index (κ3) is 5.68. The van der Waals surface area contributed by atoms with Crippen molar-refractivity contribution < 1.29 is 27.4 Å². The minimum Gasteiger partial charge on any atom is -0.493 e. The van der Waals surface area contributed by atoms with Gasteiger partial charge < -0.3 is 14.8 Å². The van der Waals surface area contributed by atoms with Gasteiger partial charge in [0.1, 0.15) is 5.82 Å². The van der Waals surface area contributed by atoms with Crippen LogP contribution in [0.4, 0.5) is 19.0 Å². The second-order valence-corrected chi connectivity index (χ2v) is 5.73. The fourth-order valence-corrected chi connectivity index (χ4v) is 2.34. The zero-order chi connectivity index (χ0) is 19.3. The van der Waals surface area contributed by atoms with Crippen LogP contribution in [0.15, 0.2) is 24.3 Å². The lowest BCUT2D eigenvalue weighted by atomic mass is 10.1. The molecule has 1 N–H and O–H groups in total. The van der Waals surface area contributed by atoms with Crippen LogP contribution in [-0.4, -0.2) is 35.6 Å². The highest BCUT2D eigenvalue weighted by atomic mass is 19.4. The van der Waals surface area contributed by atoms with Crippen LogP contribution in [0.1, 0.15) is 17.7 Å². The molecule has 0 aliphatic rings. The zero-order valence-electron chi connectivity index (χ0n) is 14.7. The van der Waals surface area contributed by atoms with Crippen molar-refractivity contribution in [1.29, 1.82) is 0 Å². The van der Waals surface area contributed by atoms with Gasteiger partial charge in [-0.05, 0) is 31.0 Å². The Morgan fingerprint density at radius 3 is 2.58 bits per heavy atom. The van der Waals surface area contributed by atoms with Crippen molar-refractivity contribution in [2.75, 3.05) is 19.0 Å². The third-order valence-corrected chi connectivity index (χ3v) is 3.53. The van der Waals surface area contributed by atoms with Gasteiger partial charge in [-0.1, -0.05) is 6.07 Å². The molecule has 1 heterocycles. The van der Waals surface area contributed by atoms with E-state index in [4.69, 9.17) is 9.47 Å². The normalized spacial score (nSPS) is 11.3. The van der Waals surface area contributed by atoms with E-state index in [9.17, 15) is 18.0 Å². The van der Waals surface area contributed by atoms with Crippen molar-refractivity contribution in [2.45, 2.75) is 25.9 Å². The lowest BCUT2D eigenvalue weighted by Gasteiger charge is -2.13. The van der Waals surface area contributed by atoms with E-state index in [1.54, 1.807) is 29.9 Å². The summed E-state index contributed by atoms with van der Waals surface area (Å²) in [6.45, 7) is 0.430. The molecule has 0 atom stereocenters. The van der Waals surface area contributed by atoms with Crippen LogP contribution in [0.25, 0.3) is 0 Å². The zero-order valence-corrected chi connectivity index (χ0v) is 14.7. The molecule has 6 nitrogen and oxygen atoms in total. The largest absolute Gasteiger partial charge is 0.493 e. The van der Waals surface area contributed by atoms with Crippen LogP contribution < -0.4 is 14.8 Å². The molecule has 0 radical (unpaired) electrons. The Bertz CT molecular complexity index is 772. The molecule has 0 bridgehead atoms. The molecule has 0 unspecified atom stereocenters. The average molecular weight is 371 g/mol. The number of aromatic nitrogens is 2. The van der Waals surface area contributed by atoms with Gasteiger partial charge in [0.2, 0.25) is 5.91 Å². The van der Waals surface area contributed by atoms with Crippen molar-refractivity contribution in [3.63, 3.8) is 0 Å². The summed E-state index contributed by atoms with van der Waals surface area (Å²) in [5.41, 5.74) is 1.54. The van der Waals surface area contributed by atoms with Crippen LogP contribution in [-0.2, 0) is 18.3 Å². The number of rotatable bonds is 7. The van der Waals surface area contributed by atoms with Gasteiger partial charge in [0, 0.05) is 19.5 Å². The first-order valence-electron chi connectivity index (χ1n) is 7.85. The summed E-state index contributed by atoms with van der Waals surface area (Å²) in [5, 5.41) is 6.90. The van der Waals surface area contributed by atoms with Crippen molar-refractivity contribution in [2.24, 2.45) is 7.05 Å². The Hall–Kier alpha value is -2.71. The maximum atomic E-state index is 12.3. The second-order valence-electron chi connectivity index (χ2n) is 5.73. The molecule has 1 aromatic heterocycles. The van der Waals surface area contributed by atoms with E-state index in [0.717, 1.165) is 11.3 Å². The number of carbonyl (C=O) groups is 1. The number of hydrogen-bond donors (Lipinski definition) is 1. The van der Waals surface area contributed by atoms with Gasteiger partial charge in [0.25, 0.3) is 0 Å². The second kappa shape index (κ2) is 8.11. The number of aryl methyl sites for hydroxylation is 3. The van der Waals surface area contributed by atoms with E-state index in [-0.39, 0.29) is 23.8 Å². The van der Waals surface area contributed by atoms with Gasteiger partial charge in [0.05, 0.1) is 12.8 Å². The summed E-state index contributed by atoms with van der Waals surface area (Å²) >= 11 is 0. The van der Waals surface area contributed by atoms with Crippen molar-refractivity contribution in [1.82, 2.24) is 9.78 Å². The number of halogens is 3. The van der Waals surface area contributed by atoms with Crippen LogP contribution in [0, 0.1) is 6.92 Å². The van der Waals surface area contributed by atoms with E-state index in [2.05, 4.69) is 10.4 Å². The van der Waals surface area contributed by atoms with E-state index < -0.39 is 12.8 Å². The molecular formula is C17H20F3N3O3. The van der Waals surface area contributed by atoms with E-state index in [0.29, 0.717) is 12.2 Å². The molecule has 2 aromatic rings. The highest BCUT2D eigenvalue weighted by Gasteiger charge is 2.29. The number of ether oxygens (including phenoxy) is 2. The van der Waals surface area contributed by atoms with Crippen LogP contribution in [0.2, 0.25) is 0 Å². The summed E-state index contributed by atoms with van der Waals surface area (Å²) in [4.78, 5) is 12.0. The molecular weight excluding hydrogens is 351 g/mol. The topological polar surface area (TPSA) is 65.4 Å². The molecule has 26 heavy (non-hydrogen) atoms. The molecule has 0 aliphatic carbocycles. The van der Waals surface area contributed by atoms with Gasteiger partial charge >= 0.3 is 6.18 Å². The Morgan fingerprint density at radius 1 is 1.27 bits per heavy atom. The fraction of sp³-hybridized carbons (Fsp3) is 0.412. The lowest BCUT2D eigenvalue weighted by molar-refractivity contribution is -0.153. The van der Waals surface area contributed by atoms with E-state index in [1.807, 2.05) is 6.92 Å². The first-order valence-corrected chi connectivity index (χ1v) is 7.85. The number of hydrogen-bond acceptors (Lipinski definition) is 4. The first-order chi connectivity index (χ1) is 12.2. The third-order valence-electron chi connectivity index (χ3n) is 3.53. The van der Waals surface area contributed by atoms with Gasteiger partial charge in [0.15, 0.2) is 18.1 Å². The van der Waals surface area contributed by atoms with Crippen LogP contribution in [0.5, 0.6) is 11.5 Å². The number of nitrogens with zero attached hydrogens (tertiary/aromatic N) is 2. The number of anilines is 1. The predicted molar refractivity (Wildman–Crippen MR) is 89.4 cm³/mol. The van der Waals surface area contributed by atoms with Crippen molar-refractivity contribution >= 4 is 11.7 Å². The maximum absolute atomic E-state index is 12.3. The minimum absolute atomic E-state index is 0.00314. The molecule has 0 saturated carbocycles. The maximum Gasteiger partial charge on any atom is 0.422 e. The highest BCUT2D eigenvalue weighted by molar-refractivity contribution is 5.90. The molecule has 0 fully saturated rings. The Morgan fingerprint density at radius 2 is 2.00 bits per heavy atom. The number of alkyl halides is 3. The molecule has 9 heteroatoms. The molecule has 1 aromatic carbocycles. The summed E-state index contributed by atoms with van der Waals surface area (Å²) in [5.74, 6) is 0.600. The molecule has 0 spiro atoms. The standard InChI is InChI=1S/C17H20F3N3O3/c1-11-8-15(23(2)22-11)21-16(24)7-5-12-4-6-13(14(9-12)25-3)26-10-17(18,19)20/h4,6,8-9H,5,7,10H2,1-3H3,(H,21,24). The first kappa shape index (κ1) is 19.6. The predicted octanol–water partition coefficient (Wildman–Crippen LogP) is 3.25. The minimum atomic E-state index is -4.42. The van der Waals surface area contributed by atoms with Crippen molar-refractivity contribution in [3.05, 3.63) is 35.5 Å². The SMILES string of the molecule is COc1cc(CCC(=O)Nc2cc(C)nn2C)ccc1OCC(F)(F)F. The number of methoxy groups -OCH3 is 1. The Labute approximate surface area is 148 Å². The van der Waals surface area contributed by atoms with E-state index >= 15 is 0 Å². The smallest absolute Gasteiger partial charge is 0.422 e. The van der Waals surface area contributed by atoms with Crippen LogP contribution in [0.3, 0.4) is 0 Å². The molecule has 1 amide bonds. The summed E-state index contributed by atoms with van der Waals surface area (Å²) in [6.07, 6.45) is -3.82. The van der Waals surface area contributed by atoms with Gasteiger partial charge in [-0.25, -0.2) is 0 Å². The average Bonchev–Trinajstić information content (AvgIpc) is 2.87. The Balaban J connectivity index is 1.94. The van der Waals surface area contributed by atoms with Gasteiger partial charge in [-0.15, -0.1) is 0 Å². The van der Waals surface area contributed by atoms with Crippen molar-refractivity contribution in [3.8, 4) is 11.5 Å². The number of carbonyl (C=O) groups excluding carboxylic acids is 1. The highest BCUT2D eigenvalue weighted by Crippen LogP contribution is 2.30. The molecule has 142 valence electrons. The molecule has 0 saturated heterocycles. The fourth-order valence-electron chi connectivity index (χ4n) is 2.34. The monoisotopic (exact) mass is 371 g/mol. The van der Waals surface area contributed by atoms with Crippen LogP contribution >= 0.6 is 0 Å². The number of amides is 1. The van der Waals surface area contributed by atoms with Gasteiger partial charge in [-0.2, -0.15) is 18.3 Å². The summed E-state index contributed by atoms with van der Waals surface area (Å²) < 4.78 is 48.1. The summed E-state index contributed by atoms with van der Waals surface area (Å²) in [6, 6.07) is 6.33. The number of nitrogens with one attached hydrogen (secondary N) is 1. The van der Waals surface area contributed by atoms with Gasteiger partial charge in [-0.3, -0.25) is 9.48 Å². The van der Waals surface area contributed by atoms with E-state index in [1.165, 1.54) is 13.2 Å². The lowest BCUT2D eigenvalue weighted by Crippen LogP contribution is -2.19. The summed E-state index contributed by atoms with van der Waals surface area (Å²) in [7, 11) is 3.07. The molecule has 0 aliphatic heterocycles. The number of benzene rings is 1. The molecule has 2 rings (SSSR count). The Kier molecular flexibility index (Phi) is 6.12.